The van der Waals surface area contributed by atoms with Gasteiger partial charge in [-0.1, -0.05) is 24.3 Å². The number of anilines is 1. The summed E-state index contributed by atoms with van der Waals surface area (Å²) in [5.41, 5.74) is 1.25. The minimum absolute atomic E-state index is 0.0724. The maximum Gasteiger partial charge on any atom is 0.258 e. The van der Waals surface area contributed by atoms with Gasteiger partial charge in [0.1, 0.15) is 0 Å². The van der Waals surface area contributed by atoms with Crippen molar-refractivity contribution in [3.8, 4) is 0 Å². The summed E-state index contributed by atoms with van der Waals surface area (Å²) in [7, 11) is 0. The van der Waals surface area contributed by atoms with Crippen molar-refractivity contribution in [1.82, 2.24) is 10.6 Å². The van der Waals surface area contributed by atoms with Crippen molar-refractivity contribution in [3.63, 3.8) is 0 Å². The Balaban J connectivity index is 2.07. The molecular weight excluding hydrogens is 406 g/mol. The van der Waals surface area contributed by atoms with Crippen LogP contribution in [-0.2, 0) is 0 Å². The number of amides is 2. The Morgan fingerprint density at radius 2 is 1.64 bits per heavy atom. The Kier molecular flexibility index (Phi) is 7.05. The molecule has 2 aromatic carbocycles. The van der Waals surface area contributed by atoms with E-state index in [1.54, 1.807) is 48.5 Å². The van der Waals surface area contributed by atoms with Gasteiger partial charge in [0, 0.05) is 11.0 Å². The molecule has 0 aliphatic heterocycles. The number of aliphatic hydroxyl groups excluding tert-OH is 1. The first kappa shape index (κ1) is 19.0. The van der Waals surface area contributed by atoms with E-state index < -0.39 is 0 Å². The molecule has 0 unspecified atom stereocenters. The molecule has 0 spiro atoms. The van der Waals surface area contributed by atoms with Crippen LogP contribution in [0.1, 0.15) is 20.7 Å². The Morgan fingerprint density at radius 1 is 1.00 bits per heavy atom. The van der Waals surface area contributed by atoms with Crippen molar-refractivity contribution >= 4 is 50.8 Å². The van der Waals surface area contributed by atoms with Crippen LogP contribution in [0.2, 0.25) is 0 Å². The maximum absolute atomic E-state index is 12.3. The molecule has 2 rings (SSSR count). The fraction of sp³-hybridized carbons (Fsp3) is 0.118. The van der Waals surface area contributed by atoms with Crippen LogP contribution < -0.4 is 16.0 Å². The molecule has 0 radical (unpaired) electrons. The fourth-order valence-electron chi connectivity index (χ4n) is 2.02. The Labute approximate surface area is 158 Å². The van der Waals surface area contributed by atoms with Gasteiger partial charge in [-0.2, -0.15) is 0 Å². The van der Waals surface area contributed by atoms with Crippen LogP contribution >= 0.6 is 28.1 Å². The smallest absolute Gasteiger partial charge is 0.258 e. The van der Waals surface area contributed by atoms with Crippen LogP contribution in [0.25, 0.3) is 0 Å². The average Bonchev–Trinajstić information content (AvgIpc) is 2.60. The monoisotopic (exact) mass is 421 g/mol. The van der Waals surface area contributed by atoms with Crippen LogP contribution in [0.15, 0.2) is 53.0 Å². The lowest BCUT2D eigenvalue weighted by Gasteiger charge is -2.13. The minimum atomic E-state index is -0.368. The van der Waals surface area contributed by atoms with Gasteiger partial charge in [0.25, 0.3) is 11.8 Å². The number of thiocarbonyl (C=S) groups is 1. The van der Waals surface area contributed by atoms with Crippen molar-refractivity contribution in [2.24, 2.45) is 0 Å². The first-order valence-corrected chi connectivity index (χ1v) is 8.58. The molecule has 0 aliphatic carbocycles. The highest BCUT2D eigenvalue weighted by Crippen LogP contribution is 2.17. The second-order valence-electron chi connectivity index (χ2n) is 4.91. The second kappa shape index (κ2) is 9.26. The zero-order valence-electron chi connectivity index (χ0n) is 13.1. The fourth-order valence-corrected chi connectivity index (χ4v) is 2.69. The molecule has 0 atom stereocenters. The van der Waals surface area contributed by atoms with E-state index in [1.165, 1.54) is 0 Å². The number of carbonyl (C=O) groups excluding carboxylic acids is 2. The minimum Gasteiger partial charge on any atom is -0.395 e. The van der Waals surface area contributed by atoms with Crippen molar-refractivity contribution in [2.45, 2.75) is 0 Å². The highest BCUT2D eigenvalue weighted by molar-refractivity contribution is 9.10. The van der Waals surface area contributed by atoms with E-state index in [1.807, 2.05) is 0 Å². The standard InChI is InChI=1S/C17H16BrN3O3S/c18-13-7-3-1-5-11(13)16(24)21-17(25)20-14-8-4-2-6-12(14)15(23)19-9-10-22/h1-8,22H,9-10H2,(H,19,23)(H2,20,21,24,25). The number of halogens is 1. The quantitative estimate of drug-likeness (QED) is 0.556. The van der Waals surface area contributed by atoms with Crippen LogP contribution in [0.3, 0.4) is 0 Å². The van der Waals surface area contributed by atoms with Crippen molar-refractivity contribution < 1.29 is 14.7 Å². The summed E-state index contributed by atoms with van der Waals surface area (Å²) in [6.45, 7) is -0.00184. The maximum atomic E-state index is 12.3. The van der Waals surface area contributed by atoms with Crippen LogP contribution in [-0.4, -0.2) is 35.2 Å². The van der Waals surface area contributed by atoms with Gasteiger partial charge >= 0.3 is 0 Å². The summed E-state index contributed by atoms with van der Waals surface area (Å²) in [6, 6.07) is 13.7. The molecule has 0 aromatic heterocycles. The number of rotatable bonds is 5. The van der Waals surface area contributed by atoms with Crippen molar-refractivity contribution in [3.05, 3.63) is 64.1 Å². The summed E-state index contributed by atoms with van der Waals surface area (Å²) < 4.78 is 0.652. The Morgan fingerprint density at radius 3 is 2.32 bits per heavy atom. The lowest BCUT2D eigenvalue weighted by Crippen LogP contribution is -2.35. The average molecular weight is 422 g/mol. The van der Waals surface area contributed by atoms with E-state index in [4.69, 9.17) is 17.3 Å². The second-order valence-corrected chi connectivity index (χ2v) is 6.18. The predicted molar refractivity (Wildman–Crippen MR) is 104 cm³/mol. The van der Waals surface area contributed by atoms with Gasteiger partial charge in [0.15, 0.2) is 5.11 Å². The zero-order valence-corrected chi connectivity index (χ0v) is 15.5. The molecule has 0 saturated carbocycles. The molecule has 0 bridgehead atoms. The number of hydrogen-bond acceptors (Lipinski definition) is 4. The summed E-state index contributed by atoms with van der Waals surface area (Å²) in [4.78, 5) is 24.3. The third kappa shape index (κ3) is 5.35. The Bertz CT molecular complexity index is 798. The van der Waals surface area contributed by atoms with Gasteiger partial charge in [0.2, 0.25) is 0 Å². The third-order valence-electron chi connectivity index (χ3n) is 3.16. The van der Waals surface area contributed by atoms with E-state index in [0.29, 0.717) is 21.3 Å². The molecule has 0 heterocycles. The van der Waals surface area contributed by atoms with Gasteiger partial charge in [-0.05, 0) is 52.4 Å². The van der Waals surface area contributed by atoms with E-state index in [0.717, 1.165) is 0 Å². The van der Waals surface area contributed by atoms with Gasteiger partial charge in [-0.3, -0.25) is 14.9 Å². The highest BCUT2D eigenvalue weighted by atomic mass is 79.9. The molecule has 130 valence electrons. The predicted octanol–water partition coefficient (Wildman–Crippen LogP) is 2.30. The summed E-state index contributed by atoms with van der Waals surface area (Å²) in [6.07, 6.45) is 0. The van der Waals surface area contributed by atoms with Crippen molar-refractivity contribution in [2.75, 3.05) is 18.5 Å². The van der Waals surface area contributed by atoms with E-state index in [2.05, 4.69) is 31.9 Å². The lowest BCUT2D eigenvalue weighted by molar-refractivity contribution is 0.0944. The largest absolute Gasteiger partial charge is 0.395 e. The zero-order chi connectivity index (χ0) is 18.2. The molecule has 0 fully saturated rings. The van der Waals surface area contributed by atoms with Gasteiger partial charge in [-0.15, -0.1) is 0 Å². The van der Waals surface area contributed by atoms with Crippen LogP contribution in [0.5, 0.6) is 0 Å². The summed E-state index contributed by atoms with van der Waals surface area (Å²) in [5.74, 6) is -0.718. The molecule has 0 aliphatic rings. The first-order chi connectivity index (χ1) is 12.0. The molecule has 2 aromatic rings. The number of aliphatic hydroxyl groups is 1. The number of carbonyl (C=O) groups is 2. The topological polar surface area (TPSA) is 90.5 Å². The number of nitrogens with one attached hydrogen (secondary N) is 3. The third-order valence-corrected chi connectivity index (χ3v) is 4.06. The summed E-state index contributed by atoms with van der Waals surface area (Å²) in [5, 5.41) is 16.9. The molecular formula is C17H16BrN3O3S. The van der Waals surface area contributed by atoms with Crippen LogP contribution in [0, 0.1) is 0 Å². The molecule has 4 N–H and O–H groups in total. The molecule has 2 amide bonds. The van der Waals surface area contributed by atoms with E-state index in [-0.39, 0.29) is 30.1 Å². The van der Waals surface area contributed by atoms with Gasteiger partial charge in [0.05, 0.1) is 23.4 Å². The molecule has 0 saturated heterocycles. The normalized spacial score (nSPS) is 10.0. The molecule has 25 heavy (non-hydrogen) atoms. The molecule has 8 heteroatoms. The van der Waals surface area contributed by atoms with Crippen LogP contribution in [0.4, 0.5) is 5.69 Å². The summed E-state index contributed by atoms with van der Waals surface area (Å²) >= 11 is 8.47. The van der Waals surface area contributed by atoms with Gasteiger partial charge < -0.3 is 15.7 Å². The highest BCUT2D eigenvalue weighted by Gasteiger charge is 2.14. The Hall–Kier alpha value is -2.29. The number of hydrogen-bond donors (Lipinski definition) is 4. The molecule has 6 nitrogen and oxygen atoms in total. The van der Waals surface area contributed by atoms with Gasteiger partial charge in [-0.25, -0.2) is 0 Å². The van der Waals surface area contributed by atoms with Crippen molar-refractivity contribution in [1.29, 1.82) is 0 Å². The number of benzene rings is 2. The van der Waals surface area contributed by atoms with E-state index in [9.17, 15) is 9.59 Å². The number of para-hydroxylation sites is 1. The first-order valence-electron chi connectivity index (χ1n) is 7.38. The lowest BCUT2D eigenvalue weighted by atomic mass is 10.1. The van der Waals surface area contributed by atoms with E-state index >= 15 is 0 Å². The SMILES string of the molecule is O=C(NC(=S)Nc1ccccc1C(=O)NCCO)c1ccccc1Br.